The van der Waals surface area contributed by atoms with E-state index in [4.69, 9.17) is 21.1 Å². The maximum absolute atomic E-state index is 12.3. The third kappa shape index (κ3) is 3.56. The van der Waals surface area contributed by atoms with Crippen molar-refractivity contribution in [2.24, 2.45) is 0 Å². The highest BCUT2D eigenvalue weighted by molar-refractivity contribution is 6.34. The Bertz CT molecular complexity index is 824. The van der Waals surface area contributed by atoms with Crippen molar-refractivity contribution in [1.82, 2.24) is 0 Å². The molecule has 0 bridgehead atoms. The average Bonchev–Trinajstić information content (AvgIpc) is 2.82. The number of carboxylic acids is 1. The summed E-state index contributed by atoms with van der Waals surface area (Å²) in [5.41, 5.74) is -0.436. The number of hydrogen-bond acceptors (Lipinski definition) is 6. The monoisotopic (exact) mass is 363 g/mol. The SMILES string of the molecule is COC(=O)C1=C(C(=O)OC)N(c2c(Cl)cccc2C(=O)O)C=CC=C1. The maximum Gasteiger partial charge on any atom is 0.355 e. The number of nitrogens with zero attached hydrogens (tertiary/aromatic N) is 1. The van der Waals surface area contributed by atoms with Crippen LogP contribution >= 0.6 is 11.6 Å². The first-order valence-electron chi connectivity index (χ1n) is 6.99. The summed E-state index contributed by atoms with van der Waals surface area (Å²) in [7, 11) is 2.31. The molecule has 0 unspecified atom stereocenters. The minimum atomic E-state index is -1.24. The first-order chi connectivity index (χ1) is 11.9. The van der Waals surface area contributed by atoms with Gasteiger partial charge in [0.25, 0.3) is 0 Å². The Morgan fingerprint density at radius 2 is 1.76 bits per heavy atom. The summed E-state index contributed by atoms with van der Waals surface area (Å²) in [6.45, 7) is 0. The van der Waals surface area contributed by atoms with Crippen LogP contribution in [0.15, 0.2) is 53.9 Å². The second-order valence-corrected chi connectivity index (χ2v) is 5.16. The Morgan fingerprint density at radius 3 is 2.36 bits per heavy atom. The number of ether oxygens (including phenoxy) is 2. The summed E-state index contributed by atoms with van der Waals surface area (Å²) in [6.07, 6.45) is 5.80. The molecule has 130 valence electrons. The lowest BCUT2D eigenvalue weighted by atomic mass is 10.1. The van der Waals surface area contributed by atoms with Gasteiger partial charge in [0.2, 0.25) is 0 Å². The molecule has 8 heteroatoms. The molecule has 0 saturated carbocycles. The van der Waals surface area contributed by atoms with Crippen LogP contribution in [0.5, 0.6) is 0 Å². The highest BCUT2D eigenvalue weighted by Crippen LogP contribution is 2.35. The van der Waals surface area contributed by atoms with Crippen LogP contribution in [0.4, 0.5) is 5.69 Å². The number of halogens is 1. The highest BCUT2D eigenvalue weighted by Gasteiger charge is 2.30. The van der Waals surface area contributed by atoms with Gasteiger partial charge in [-0.05, 0) is 24.3 Å². The van der Waals surface area contributed by atoms with E-state index >= 15 is 0 Å². The fourth-order valence-corrected chi connectivity index (χ4v) is 2.54. The van der Waals surface area contributed by atoms with Crippen molar-refractivity contribution in [1.29, 1.82) is 0 Å². The van der Waals surface area contributed by atoms with Crippen LogP contribution in [-0.2, 0) is 19.1 Å². The molecule has 1 aromatic rings. The number of carbonyl (C=O) groups is 3. The van der Waals surface area contributed by atoms with Gasteiger partial charge in [0.1, 0.15) is 5.70 Å². The van der Waals surface area contributed by atoms with Crippen molar-refractivity contribution in [2.75, 3.05) is 19.1 Å². The van der Waals surface area contributed by atoms with Gasteiger partial charge in [-0.3, -0.25) is 0 Å². The predicted molar refractivity (Wildman–Crippen MR) is 90.2 cm³/mol. The molecule has 1 aromatic carbocycles. The normalized spacial score (nSPS) is 13.5. The van der Waals surface area contributed by atoms with Gasteiger partial charge in [-0.1, -0.05) is 23.7 Å². The molecule has 1 aliphatic rings. The number of aromatic carboxylic acids is 1. The van der Waals surface area contributed by atoms with E-state index in [0.29, 0.717) is 0 Å². The second kappa shape index (κ2) is 7.67. The predicted octanol–water partition coefficient (Wildman–Crippen LogP) is 2.53. The molecular formula is C17H14ClNO6. The van der Waals surface area contributed by atoms with Crippen LogP contribution < -0.4 is 4.90 Å². The van der Waals surface area contributed by atoms with E-state index in [1.54, 1.807) is 0 Å². The van der Waals surface area contributed by atoms with Gasteiger partial charge in [-0.25, -0.2) is 14.4 Å². The second-order valence-electron chi connectivity index (χ2n) is 4.76. The first kappa shape index (κ1) is 18.3. The number of anilines is 1. The molecule has 0 atom stereocenters. The van der Waals surface area contributed by atoms with Gasteiger partial charge in [0.15, 0.2) is 0 Å². The fraction of sp³-hybridized carbons (Fsp3) is 0.118. The van der Waals surface area contributed by atoms with E-state index in [1.165, 1.54) is 54.6 Å². The van der Waals surface area contributed by atoms with Crippen molar-refractivity contribution in [3.63, 3.8) is 0 Å². The molecule has 1 aliphatic heterocycles. The third-order valence-corrected chi connectivity index (χ3v) is 3.65. The fourth-order valence-electron chi connectivity index (χ4n) is 2.27. The molecule has 0 radical (unpaired) electrons. The van der Waals surface area contributed by atoms with E-state index in [-0.39, 0.29) is 27.5 Å². The minimum Gasteiger partial charge on any atom is -0.478 e. The number of para-hydroxylation sites is 1. The molecule has 1 heterocycles. The third-order valence-electron chi connectivity index (χ3n) is 3.35. The van der Waals surface area contributed by atoms with Crippen molar-refractivity contribution in [3.8, 4) is 0 Å². The zero-order valence-corrected chi connectivity index (χ0v) is 14.1. The van der Waals surface area contributed by atoms with Gasteiger partial charge in [0, 0.05) is 6.20 Å². The number of hydrogen-bond donors (Lipinski definition) is 1. The standard InChI is InChI=1S/C17H14ClNO6/c1-24-16(22)11-6-3-4-9-19(14(11)17(23)25-2)13-10(15(20)21)7-5-8-12(13)18/h3-9H,1-2H3,(H,20,21). The molecule has 0 aliphatic carbocycles. The Morgan fingerprint density at radius 1 is 1.08 bits per heavy atom. The number of carboxylic acid groups (broad SMARTS) is 1. The summed E-state index contributed by atoms with van der Waals surface area (Å²) in [4.78, 5) is 37.2. The van der Waals surface area contributed by atoms with Crippen molar-refractivity contribution >= 4 is 35.2 Å². The summed E-state index contributed by atoms with van der Waals surface area (Å²) < 4.78 is 9.46. The number of benzene rings is 1. The van der Waals surface area contributed by atoms with E-state index in [0.717, 1.165) is 7.11 Å². The largest absolute Gasteiger partial charge is 0.478 e. The molecule has 0 aromatic heterocycles. The number of esters is 2. The van der Waals surface area contributed by atoms with Crippen LogP contribution in [-0.4, -0.2) is 37.2 Å². The topological polar surface area (TPSA) is 93.1 Å². The lowest BCUT2D eigenvalue weighted by molar-refractivity contribution is -0.139. The zero-order chi connectivity index (χ0) is 18.6. The van der Waals surface area contributed by atoms with E-state index in [9.17, 15) is 19.5 Å². The Kier molecular flexibility index (Phi) is 5.61. The number of carbonyl (C=O) groups excluding carboxylic acids is 2. The smallest absolute Gasteiger partial charge is 0.355 e. The molecule has 0 saturated heterocycles. The van der Waals surface area contributed by atoms with Gasteiger partial charge in [0.05, 0.1) is 36.1 Å². The molecule has 7 nitrogen and oxygen atoms in total. The van der Waals surface area contributed by atoms with Crippen LogP contribution in [0.1, 0.15) is 10.4 Å². The molecule has 0 spiro atoms. The van der Waals surface area contributed by atoms with E-state index in [1.807, 2.05) is 0 Å². The van der Waals surface area contributed by atoms with E-state index in [2.05, 4.69) is 0 Å². The van der Waals surface area contributed by atoms with Crippen LogP contribution in [0.25, 0.3) is 0 Å². The van der Waals surface area contributed by atoms with Crippen molar-refractivity contribution in [3.05, 3.63) is 64.5 Å². The number of allylic oxidation sites excluding steroid dienone is 2. The van der Waals surface area contributed by atoms with Crippen LogP contribution in [0.3, 0.4) is 0 Å². The molecule has 25 heavy (non-hydrogen) atoms. The Hall–Kier alpha value is -3.06. The molecule has 1 N–H and O–H groups in total. The van der Waals surface area contributed by atoms with Gasteiger partial charge in [-0.15, -0.1) is 0 Å². The zero-order valence-electron chi connectivity index (χ0n) is 13.4. The lowest BCUT2D eigenvalue weighted by Gasteiger charge is -2.25. The van der Waals surface area contributed by atoms with Crippen molar-refractivity contribution in [2.45, 2.75) is 0 Å². The van der Waals surface area contributed by atoms with Crippen molar-refractivity contribution < 1.29 is 29.0 Å². The lowest BCUT2D eigenvalue weighted by Crippen LogP contribution is -2.28. The first-order valence-corrected chi connectivity index (χ1v) is 7.37. The molecule has 2 rings (SSSR count). The minimum absolute atomic E-state index is 0.0263. The molecule has 0 fully saturated rings. The van der Waals surface area contributed by atoms with E-state index < -0.39 is 17.9 Å². The average molecular weight is 364 g/mol. The highest BCUT2D eigenvalue weighted by atomic mass is 35.5. The van der Waals surface area contributed by atoms with Gasteiger partial charge < -0.3 is 19.5 Å². The molecular weight excluding hydrogens is 350 g/mol. The van der Waals surface area contributed by atoms with Crippen LogP contribution in [0.2, 0.25) is 5.02 Å². The van der Waals surface area contributed by atoms with Crippen LogP contribution in [0, 0.1) is 0 Å². The Labute approximate surface area is 148 Å². The maximum atomic E-state index is 12.3. The number of rotatable bonds is 4. The number of methoxy groups -OCH3 is 2. The quantitative estimate of drug-likeness (QED) is 0.821. The van der Waals surface area contributed by atoms with Gasteiger partial charge >= 0.3 is 17.9 Å². The van der Waals surface area contributed by atoms with Gasteiger partial charge in [-0.2, -0.15) is 0 Å². The summed E-state index contributed by atoms with van der Waals surface area (Å²) in [5.74, 6) is -2.88. The Balaban J connectivity index is 2.81. The summed E-state index contributed by atoms with van der Waals surface area (Å²) in [6, 6.07) is 4.28. The summed E-state index contributed by atoms with van der Waals surface area (Å²) in [5, 5.41) is 9.53. The molecule has 0 amide bonds. The summed E-state index contributed by atoms with van der Waals surface area (Å²) >= 11 is 6.18.